The van der Waals surface area contributed by atoms with Crippen molar-refractivity contribution in [3.8, 4) is 0 Å². The first-order chi connectivity index (χ1) is 15.0. The van der Waals surface area contributed by atoms with Crippen molar-refractivity contribution in [3.63, 3.8) is 0 Å². The summed E-state index contributed by atoms with van der Waals surface area (Å²) in [5, 5.41) is 5.74. The second-order valence-corrected chi connectivity index (χ2v) is 8.92. The number of nitrogens with one attached hydrogen (secondary N) is 2. The van der Waals surface area contributed by atoms with E-state index in [1.54, 1.807) is 0 Å². The number of carbonyl (C=O) groups is 3. The van der Waals surface area contributed by atoms with Gasteiger partial charge in [0.1, 0.15) is 12.1 Å². The number of hydrogen-bond donors (Lipinski definition) is 2. The third-order valence-electron chi connectivity index (χ3n) is 6.79. The Morgan fingerprint density at radius 3 is 2.77 bits per heavy atom. The molecular weight excluding hydrogens is 396 g/mol. The van der Waals surface area contributed by atoms with Crippen molar-refractivity contribution >= 4 is 17.8 Å². The fourth-order valence-corrected chi connectivity index (χ4v) is 4.89. The van der Waals surface area contributed by atoms with Crippen molar-refractivity contribution in [1.29, 1.82) is 0 Å². The van der Waals surface area contributed by atoms with E-state index in [4.69, 9.17) is 4.74 Å². The average Bonchev–Trinajstić information content (AvgIpc) is 3.00. The molecule has 1 aliphatic carbocycles. The van der Waals surface area contributed by atoms with Crippen molar-refractivity contribution < 1.29 is 19.1 Å². The predicted molar refractivity (Wildman–Crippen MR) is 115 cm³/mol. The Kier molecular flexibility index (Phi) is 6.57. The van der Waals surface area contributed by atoms with Crippen molar-refractivity contribution in [2.45, 2.75) is 51.2 Å². The second kappa shape index (κ2) is 9.36. The molecule has 8 nitrogen and oxygen atoms in total. The summed E-state index contributed by atoms with van der Waals surface area (Å²) in [5.74, 6) is -0.505. The third kappa shape index (κ3) is 4.75. The van der Waals surface area contributed by atoms with Crippen LogP contribution in [-0.2, 0) is 27.4 Å². The van der Waals surface area contributed by atoms with E-state index in [1.807, 2.05) is 19.1 Å². The molecule has 168 valence electrons. The minimum atomic E-state index is -0.830. The van der Waals surface area contributed by atoms with Crippen molar-refractivity contribution in [1.82, 2.24) is 20.4 Å². The van der Waals surface area contributed by atoms with Crippen molar-refractivity contribution in [3.05, 3.63) is 35.4 Å². The van der Waals surface area contributed by atoms with Gasteiger partial charge in [0, 0.05) is 26.2 Å². The van der Waals surface area contributed by atoms with Crippen LogP contribution in [0.3, 0.4) is 0 Å². The van der Waals surface area contributed by atoms with Gasteiger partial charge in [0.2, 0.25) is 5.91 Å². The lowest BCUT2D eigenvalue weighted by Crippen LogP contribution is -2.54. The Hall–Kier alpha value is -2.45. The van der Waals surface area contributed by atoms with Crippen LogP contribution in [0.15, 0.2) is 24.3 Å². The highest BCUT2D eigenvalue weighted by atomic mass is 16.5. The highest BCUT2D eigenvalue weighted by Crippen LogP contribution is 2.38. The molecule has 4 amide bonds. The van der Waals surface area contributed by atoms with Gasteiger partial charge in [-0.2, -0.15) is 0 Å². The molecule has 3 fully saturated rings. The maximum absolute atomic E-state index is 13.0. The fourth-order valence-electron chi connectivity index (χ4n) is 4.89. The first-order valence-electron chi connectivity index (χ1n) is 11.3. The van der Waals surface area contributed by atoms with E-state index in [0.29, 0.717) is 13.0 Å². The van der Waals surface area contributed by atoms with Crippen LogP contribution >= 0.6 is 0 Å². The molecule has 2 aliphatic heterocycles. The highest BCUT2D eigenvalue weighted by molar-refractivity contribution is 6.09. The Morgan fingerprint density at radius 2 is 2.00 bits per heavy atom. The van der Waals surface area contributed by atoms with Gasteiger partial charge in [0.25, 0.3) is 5.91 Å². The number of carbonyl (C=O) groups excluding carboxylic acids is 3. The van der Waals surface area contributed by atoms with Crippen LogP contribution in [0.25, 0.3) is 0 Å². The summed E-state index contributed by atoms with van der Waals surface area (Å²) in [6, 6.07) is 7.67. The van der Waals surface area contributed by atoms with Crippen LogP contribution in [0.5, 0.6) is 0 Å². The Morgan fingerprint density at radius 1 is 1.23 bits per heavy atom. The van der Waals surface area contributed by atoms with Gasteiger partial charge in [-0.3, -0.25) is 19.4 Å². The Labute approximate surface area is 183 Å². The Bertz CT molecular complexity index is 839. The summed E-state index contributed by atoms with van der Waals surface area (Å²) in [5.41, 5.74) is 1.35. The molecule has 0 radical (unpaired) electrons. The molecule has 1 spiro atoms. The number of ether oxygens (including phenoxy) is 1. The molecule has 0 aromatic heterocycles. The molecule has 4 rings (SSSR count). The first-order valence-corrected chi connectivity index (χ1v) is 11.3. The topological polar surface area (TPSA) is 91.0 Å². The van der Waals surface area contributed by atoms with Crippen LogP contribution in [0, 0.1) is 5.92 Å². The van der Waals surface area contributed by atoms with E-state index < -0.39 is 11.6 Å². The van der Waals surface area contributed by atoms with Crippen LogP contribution in [-0.4, -0.2) is 66.0 Å². The van der Waals surface area contributed by atoms with Gasteiger partial charge in [0.05, 0.1) is 13.2 Å². The largest absolute Gasteiger partial charge is 0.379 e. The summed E-state index contributed by atoms with van der Waals surface area (Å²) in [7, 11) is 0. The van der Waals surface area contributed by atoms with E-state index in [2.05, 4.69) is 27.7 Å². The number of imide groups is 1. The van der Waals surface area contributed by atoms with Gasteiger partial charge in [-0.25, -0.2) is 4.79 Å². The summed E-state index contributed by atoms with van der Waals surface area (Å²) < 4.78 is 5.39. The van der Waals surface area contributed by atoms with Gasteiger partial charge in [-0.15, -0.1) is 0 Å². The van der Waals surface area contributed by atoms with E-state index in [9.17, 15) is 14.4 Å². The summed E-state index contributed by atoms with van der Waals surface area (Å²) in [6.07, 6.45) is 3.54. The van der Waals surface area contributed by atoms with E-state index in [-0.39, 0.29) is 24.3 Å². The lowest BCUT2D eigenvalue weighted by molar-refractivity contribution is -0.137. The van der Waals surface area contributed by atoms with Crippen molar-refractivity contribution in [2.75, 3.05) is 32.8 Å². The van der Waals surface area contributed by atoms with E-state index in [0.717, 1.165) is 62.6 Å². The van der Waals surface area contributed by atoms with Gasteiger partial charge in [-0.1, -0.05) is 44.0 Å². The molecule has 2 saturated heterocycles. The third-order valence-corrected chi connectivity index (χ3v) is 6.79. The van der Waals surface area contributed by atoms with Crippen LogP contribution in [0.2, 0.25) is 0 Å². The minimum Gasteiger partial charge on any atom is -0.379 e. The monoisotopic (exact) mass is 428 g/mol. The standard InChI is InChI=1S/C23H32N4O4/c1-17-5-2-3-8-23(17)21(29)27(22(30)25-23)16-20(28)24-14-18-6-4-7-19(13-18)15-26-9-11-31-12-10-26/h4,6-7,13,17H,2-3,5,8-12,14-16H2,1H3,(H,24,28)(H,25,30). The SMILES string of the molecule is CC1CCCCC12NC(=O)N(CC(=O)NCc1cccc(CN3CCOCC3)c1)C2=O. The molecule has 1 aromatic carbocycles. The maximum Gasteiger partial charge on any atom is 0.325 e. The molecule has 1 aromatic rings. The number of amides is 4. The summed E-state index contributed by atoms with van der Waals surface area (Å²) in [6.45, 7) is 6.35. The van der Waals surface area contributed by atoms with E-state index >= 15 is 0 Å². The number of nitrogens with zero attached hydrogens (tertiary/aromatic N) is 2. The zero-order valence-electron chi connectivity index (χ0n) is 18.2. The molecule has 2 unspecified atom stereocenters. The highest BCUT2D eigenvalue weighted by Gasteiger charge is 2.55. The summed E-state index contributed by atoms with van der Waals surface area (Å²) in [4.78, 5) is 41.4. The molecule has 3 aliphatic rings. The van der Waals surface area contributed by atoms with Gasteiger partial charge in [0.15, 0.2) is 0 Å². The van der Waals surface area contributed by atoms with Gasteiger partial charge >= 0.3 is 6.03 Å². The second-order valence-electron chi connectivity index (χ2n) is 8.92. The molecule has 31 heavy (non-hydrogen) atoms. The Balaban J connectivity index is 1.31. The van der Waals surface area contributed by atoms with Crippen LogP contribution in [0.1, 0.15) is 43.7 Å². The predicted octanol–water partition coefficient (Wildman–Crippen LogP) is 1.64. The smallest absolute Gasteiger partial charge is 0.325 e. The average molecular weight is 429 g/mol. The normalized spacial score (nSPS) is 26.9. The van der Waals surface area contributed by atoms with Gasteiger partial charge < -0.3 is 15.4 Å². The molecule has 1 saturated carbocycles. The first kappa shape index (κ1) is 21.8. The number of rotatable bonds is 6. The molecule has 0 bridgehead atoms. The zero-order chi connectivity index (χ0) is 21.8. The molecule has 2 N–H and O–H groups in total. The number of benzene rings is 1. The number of urea groups is 1. The minimum absolute atomic E-state index is 0.0833. The zero-order valence-corrected chi connectivity index (χ0v) is 18.2. The van der Waals surface area contributed by atoms with Crippen LogP contribution in [0.4, 0.5) is 4.79 Å². The molecule has 2 atom stereocenters. The molecular formula is C23H32N4O4. The van der Waals surface area contributed by atoms with Gasteiger partial charge in [-0.05, 0) is 29.9 Å². The van der Waals surface area contributed by atoms with Crippen molar-refractivity contribution in [2.24, 2.45) is 5.92 Å². The molecule has 8 heteroatoms. The molecule has 2 heterocycles. The lowest BCUT2D eigenvalue weighted by Gasteiger charge is -2.36. The van der Waals surface area contributed by atoms with E-state index in [1.165, 1.54) is 5.56 Å². The maximum atomic E-state index is 13.0. The van der Waals surface area contributed by atoms with Crippen LogP contribution < -0.4 is 10.6 Å². The number of morpholine rings is 1. The quantitative estimate of drug-likeness (QED) is 0.672. The summed E-state index contributed by atoms with van der Waals surface area (Å²) >= 11 is 0. The lowest BCUT2D eigenvalue weighted by atomic mass is 9.73. The number of hydrogen-bond acceptors (Lipinski definition) is 5. The fraction of sp³-hybridized carbons (Fsp3) is 0.609.